The third kappa shape index (κ3) is 10.4. The summed E-state index contributed by atoms with van der Waals surface area (Å²) in [6.07, 6.45) is 3.40. The second-order valence-electron chi connectivity index (χ2n) is 10.8. The first-order chi connectivity index (χ1) is 21.7. The quantitative estimate of drug-likeness (QED) is 0.231. The average Bonchev–Trinajstić information content (AvgIpc) is 3.08. The molecule has 11 heteroatoms. The molecule has 0 bridgehead atoms. The number of ether oxygens (including phenoxy) is 1. The molecule has 3 aromatic carbocycles. The first-order valence-electron chi connectivity index (χ1n) is 15.1. The van der Waals surface area contributed by atoms with E-state index in [1.165, 1.54) is 18.2 Å². The van der Waals surface area contributed by atoms with Gasteiger partial charge in [0.2, 0.25) is 5.91 Å². The normalized spacial score (nSPS) is 14.9. The van der Waals surface area contributed by atoms with Gasteiger partial charge in [-0.2, -0.15) is 0 Å². The second-order valence-corrected chi connectivity index (χ2v) is 12.7. The Morgan fingerprint density at radius 3 is 2.18 bits per heavy atom. The molecule has 4 N–H and O–H groups in total. The lowest BCUT2D eigenvalue weighted by Crippen LogP contribution is -2.46. The van der Waals surface area contributed by atoms with Crippen LogP contribution in [0.4, 0.5) is 0 Å². The van der Waals surface area contributed by atoms with Crippen LogP contribution in [0.2, 0.25) is 0 Å². The van der Waals surface area contributed by atoms with Gasteiger partial charge in [-0.15, -0.1) is 0 Å². The van der Waals surface area contributed by atoms with Crippen molar-refractivity contribution in [3.05, 3.63) is 113 Å². The number of hydrogen-bond acceptors (Lipinski definition) is 7. The van der Waals surface area contributed by atoms with E-state index >= 15 is 0 Å². The predicted octanol–water partition coefficient (Wildman–Crippen LogP) is 3.10. The van der Waals surface area contributed by atoms with Crippen LogP contribution in [0.15, 0.2) is 101 Å². The summed E-state index contributed by atoms with van der Waals surface area (Å²) in [5.74, 6) is -0.655. The van der Waals surface area contributed by atoms with Crippen molar-refractivity contribution in [2.75, 3.05) is 32.8 Å². The van der Waals surface area contributed by atoms with Gasteiger partial charge in [0.1, 0.15) is 0 Å². The van der Waals surface area contributed by atoms with Crippen molar-refractivity contribution in [2.24, 2.45) is 5.73 Å². The molecule has 238 valence electrons. The van der Waals surface area contributed by atoms with E-state index in [9.17, 15) is 22.8 Å². The van der Waals surface area contributed by atoms with Crippen LogP contribution in [-0.2, 0) is 25.8 Å². The summed E-state index contributed by atoms with van der Waals surface area (Å²) in [7, 11) is -3.71. The van der Waals surface area contributed by atoms with Crippen molar-refractivity contribution < 1.29 is 27.5 Å². The second kappa shape index (κ2) is 16.7. The molecule has 3 aromatic rings. The molecule has 45 heavy (non-hydrogen) atoms. The Kier molecular flexibility index (Phi) is 12.4. The Labute approximate surface area is 264 Å². The zero-order chi connectivity index (χ0) is 32.1. The zero-order valence-corrected chi connectivity index (χ0v) is 26.0. The molecule has 1 heterocycles. The van der Waals surface area contributed by atoms with Gasteiger partial charge in [0.15, 0.2) is 9.84 Å². The monoisotopic (exact) mass is 632 g/mol. The summed E-state index contributed by atoms with van der Waals surface area (Å²) < 4.78 is 31.0. The number of nitrogens with two attached hydrogens (primary N) is 1. The molecule has 4 rings (SSSR count). The number of amides is 3. The lowest BCUT2D eigenvalue weighted by atomic mass is 10.0. The van der Waals surface area contributed by atoms with Gasteiger partial charge >= 0.3 is 0 Å². The number of sulfone groups is 1. The fourth-order valence-corrected chi connectivity index (χ4v) is 5.95. The smallest absolute Gasteiger partial charge is 0.254 e. The van der Waals surface area contributed by atoms with Gasteiger partial charge in [-0.05, 0) is 67.6 Å². The number of benzene rings is 3. The van der Waals surface area contributed by atoms with Gasteiger partial charge in [-0.1, -0.05) is 54.6 Å². The molecule has 0 radical (unpaired) electrons. The molecule has 0 aliphatic carbocycles. The first kappa shape index (κ1) is 33.6. The van der Waals surface area contributed by atoms with Crippen LogP contribution < -0.4 is 16.4 Å². The highest BCUT2D eigenvalue weighted by atomic mass is 32.2. The lowest BCUT2D eigenvalue weighted by Gasteiger charge is -2.26. The van der Waals surface area contributed by atoms with Crippen LogP contribution >= 0.6 is 0 Å². The third-order valence-electron chi connectivity index (χ3n) is 7.44. The summed E-state index contributed by atoms with van der Waals surface area (Å²) >= 11 is 0. The van der Waals surface area contributed by atoms with Gasteiger partial charge in [-0.3, -0.25) is 14.4 Å². The van der Waals surface area contributed by atoms with Gasteiger partial charge in [0.05, 0.1) is 24.2 Å². The van der Waals surface area contributed by atoms with Crippen LogP contribution in [0.25, 0.3) is 0 Å². The Bertz CT molecular complexity index is 1540. The summed E-state index contributed by atoms with van der Waals surface area (Å²) in [5, 5.41) is 6.87. The number of carbonyl (C=O) groups excluding carboxylic acids is 3. The SMILES string of the molecule is N[C@@H](Cc1ccc(C(=O)N2CCOCC2)cc1)C(=O)N[C@H](/C=C/S(=O)(=O)c1ccccc1)CCCCNC(=O)c1ccccc1. The van der Waals surface area contributed by atoms with E-state index in [0.29, 0.717) is 63.2 Å². The largest absolute Gasteiger partial charge is 0.378 e. The Hall–Kier alpha value is -4.32. The molecule has 1 fully saturated rings. The molecule has 1 saturated heterocycles. The molecule has 2 atom stereocenters. The van der Waals surface area contributed by atoms with Crippen LogP contribution in [0.5, 0.6) is 0 Å². The van der Waals surface area contributed by atoms with E-state index < -0.39 is 27.8 Å². The number of nitrogens with one attached hydrogen (secondary N) is 2. The summed E-state index contributed by atoms with van der Waals surface area (Å²) in [6.45, 7) is 2.58. The van der Waals surface area contributed by atoms with Crippen LogP contribution in [0, 0.1) is 0 Å². The molecule has 1 aliphatic heterocycles. The van der Waals surface area contributed by atoms with Gasteiger partial charge in [0, 0.05) is 42.2 Å². The molecule has 0 aromatic heterocycles. The molecule has 0 spiro atoms. The van der Waals surface area contributed by atoms with Crippen molar-refractivity contribution in [1.29, 1.82) is 0 Å². The molecular formula is C34H40N4O6S. The number of carbonyl (C=O) groups is 3. The maximum absolute atomic E-state index is 13.1. The highest BCUT2D eigenvalue weighted by Crippen LogP contribution is 2.14. The minimum absolute atomic E-state index is 0.0633. The van der Waals surface area contributed by atoms with Crippen LogP contribution in [-0.4, -0.2) is 76.0 Å². The van der Waals surface area contributed by atoms with Gasteiger partial charge in [0.25, 0.3) is 11.8 Å². The maximum Gasteiger partial charge on any atom is 0.254 e. The number of rotatable bonds is 14. The van der Waals surface area contributed by atoms with E-state index in [-0.39, 0.29) is 23.1 Å². The number of hydrogen-bond donors (Lipinski definition) is 3. The van der Waals surface area contributed by atoms with E-state index in [4.69, 9.17) is 10.5 Å². The standard InChI is InChI=1S/C34H40N4O6S/c35-31(25-26-14-16-28(17-15-26)34(41)38-20-22-44-23-21-38)33(40)37-29(18-24-45(42,43)30-12-5-2-6-13-30)11-7-8-19-36-32(39)27-9-3-1-4-10-27/h1-6,9-10,12-18,24,29,31H,7-8,11,19-23,25,35H2,(H,36,39)(H,37,40)/b24-18+/t29-,31-/m0/s1. The molecule has 3 amide bonds. The van der Waals surface area contributed by atoms with Crippen LogP contribution in [0.3, 0.4) is 0 Å². The fourth-order valence-electron chi connectivity index (χ4n) is 4.86. The van der Waals surface area contributed by atoms with E-state index in [2.05, 4.69) is 10.6 Å². The van der Waals surface area contributed by atoms with Crippen molar-refractivity contribution in [3.8, 4) is 0 Å². The van der Waals surface area contributed by atoms with Crippen molar-refractivity contribution in [1.82, 2.24) is 15.5 Å². The number of morpholine rings is 1. The van der Waals surface area contributed by atoms with Gasteiger partial charge in [-0.25, -0.2) is 8.42 Å². The van der Waals surface area contributed by atoms with Crippen LogP contribution in [0.1, 0.15) is 45.5 Å². The number of nitrogens with zero attached hydrogens (tertiary/aromatic N) is 1. The number of unbranched alkanes of at least 4 members (excludes halogenated alkanes) is 1. The fraction of sp³-hybridized carbons (Fsp3) is 0.324. The lowest BCUT2D eigenvalue weighted by molar-refractivity contribution is -0.122. The van der Waals surface area contributed by atoms with Crippen molar-refractivity contribution >= 4 is 27.6 Å². The highest BCUT2D eigenvalue weighted by Gasteiger charge is 2.21. The minimum Gasteiger partial charge on any atom is -0.378 e. The zero-order valence-electron chi connectivity index (χ0n) is 25.1. The summed E-state index contributed by atoms with van der Waals surface area (Å²) in [4.78, 5) is 40.0. The third-order valence-corrected chi connectivity index (χ3v) is 8.89. The Morgan fingerprint density at radius 2 is 1.51 bits per heavy atom. The minimum atomic E-state index is -3.71. The van der Waals surface area contributed by atoms with Gasteiger partial charge < -0.3 is 26.0 Å². The van der Waals surface area contributed by atoms with Crippen molar-refractivity contribution in [3.63, 3.8) is 0 Å². The summed E-state index contributed by atoms with van der Waals surface area (Å²) in [5.41, 5.74) is 8.19. The Balaban J connectivity index is 1.34. The van der Waals surface area contributed by atoms with E-state index in [1.54, 1.807) is 71.6 Å². The molecule has 1 aliphatic rings. The summed E-state index contributed by atoms with van der Waals surface area (Å²) in [6, 6.07) is 22.5. The van der Waals surface area contributed by atoms with E-state index in [1.807, 2.05) is 6.07 Å². The maximum atomic E-state index is 13.1. The predicted molar refractivity (Wildman–Crippen MR) is 172 cm³/mol. The highest BCUT2D eigenvalue weighted by molar-refractivity contribution is 7.94. The molecule has 0 saturated carbocycles. The average molecular weight is 633 g/mol. The Morgan fingerprint density at radius 1 is 0.867 bits per heavy atom. The first-order valence-corrected chi connectivity index (χ1v) is 16.6. The molecular weight excluding hydrogens is 592 g/mol. The molecule has 0 unspecified atom stereocenters. The topological polar surface area (TPSA) is 148 Å². The molecule has 10 nitrogen and oxygen atoms in total. The van der Waals surface area contributed by atoms with Crippen molar-refractivity contribution in [2.45, 2.75) is 42.7 Å². The van der Waals surface area contributed by atoms with E-state index in [0.717, 1.165) is 11.0 Å².